The number of ether oxygens (including phenoxy) is 1. The Morgan fingerprint density at radius 1 is 1.03 bits per heavy atom. The molecule has 0 unspecified atom stereocenters. The number of halogens is 2. The zero-order valence-electron chi connectivity index (χ0n) is 17.8. The Labute approximate surface area is 200 Å². The molecular weight excluding hydrogens is 478 g/mol. The predicted molar refractivity (Wildman–Crippen MR) is 123 cm³/mol. The number of hydrogen-bond donors (Lipinski definition) is 1. The molecule has 2 aromatic carbocycles. The minimum atomic E-state index is -2.88. The number of carbonyl (C=O) groups excluding carboxylic acids is 1. The summed E-state index contributed by atoms with van der Waals surface area (Å²) in [6, 6.07) is 17.1. The van der Waals surface area contributed by atoms with E-state index in [0.717, 1.165) is 5.56 Å². The van der Waals surface area contributed by atoms with Gasteiger partial charge in [-0.1, -0.05) is 30.3 Å². The molecule has 0 aliphatic carbocycles. The molecular formula is C22H16F2N8O2S. The SMILES string of the molecule is O=C(Nc1nc(-c2ccc(OC(F)F)cc2)cs1)c1ccn(Cn2nnc(-c3ccccc3)n2)n1. The van der Waals surface area contributed by atoms with Crippen LogP contribution in [0.5, 0.6) is 5.75 Å². The van der Waals surface area contributed by atoms with Gasteiger partial charge in [-0.2, -0.15) is 13.9 Å². The lowest BCUT2D eigenvalue weighted by Gasteiger charge is -2.04. The van der Waals surface area contributed by atoms with Gasteiger partial charge in [0.15, 0.2) is 17.5 Å². The van der Waals surface area contributed by atoms with Gasteiger partial charge in [0, 0.05) is 22.7 Å². The Morgan fingerprint density at radius 2 is 1.83 bits per heavy atom. The first-order valence-electron chi connectivity index (χ1n) is 10.2. The van der Waals surface area contributed by atoms with Crippen molar-refractivity contribution >= 4 is 22.4 Å². The van der Waals surface area contributed by atoms with Crippen molar-refractivity contribution < 1.29 is 18.3 Å². The number of nitrogens with one attached hydrogen (secondary N) is 1. The Hall–Kier alpha value is -4.52. The monoisotopic (exact) mass is 494 g/mol. The molecule has 3 aromatic heterocycles. The van der Waals surface area contributed by atoms with E-state index < -0.39 is 12.5 Å². The summed E-state index contributed by atoms with van der Waals surface area (Å²) in [5.74, 6) is 0.119. The van der Waals surface area contributed by atoms with Gasteiger partial charge in [0.05, 0.1) is 5.69 Å². The van der Waals surface area contributed by atoms with Crippen molar-refractivity contribution in [3.05, 3.63) is 77.9 Å². The summed E-state index contributed by atoms with van der Waals surface area (Å²) < 4.78 is 30.4. The number of carbonyl (C=O) groups is 1. The molecule has 0 atom stereocenters. The highest BCUT2D eigenvalue weighted by Crippen LogP contribution is 2.27. The van der Waals surface area contributed by atoms with E-state index in [9.17, 15) is 13.6 Å². The van der Waals surface area contributed by atoms with Crippen molar-refractivity contribution in [1.82, 2.24) is 35.0 Å². The minimum absolute atomic E-state index is 0.0560. The molecule has 1 amide bonds. The van der Waals surface area contributed by atoms with Crippen LogP contribution in [0.4, 0.5) is 13.9 Å². The fourth-order valence-electron chi connectivity index (χ4n) is 3.13. The molecule has 10 nitrogen and oxygen atoms in total. The molecule has 0 saturated carbocycles. The first kappa shape index (κ1) is 22.3. The fourth-order valence-corrected chi connectivity index (χ4v) is 3.84. The molecule has 0 bridgehead atoms. The van der Waals surface area contributed by atoms with E-state index in [1.54, 1.807) is 29.8 Å². The van der Waals surface area contributed by atoms with Crippen molar-refractivity contribution in [2.24, 2.45) is 0 Å². The molecule has 0 spiro atoms. The highest BCUT2D eigenvalue weighted by Gasteiger charge is 2.14. The minimum Gasteiger partial charge on any atom is -0.435 e. The quantitative estimate of drug-likeness (QED) is 0.347. The van der Waals surface area contributed by atoms with Gasteiger partial charge in [-0.15, -0.1) is 26.3 Å². The van der Waals surface area contributed by atoms with Crippen LogP contribution in [0.15, 0.2) is 72.2 Å². The maximum Gasteiger partial charge on any atom is 0.387 e. The number of anilines is 1. The van der Waals surface area contributed by atoms with Gasteiger partial charge >= 0.3 is 6.61 Å². The normalized spacial score (nSPS) is 11.1. The second-order valence-electron chi connectivity index (χ2n) is 7.13. The van der Waals surface area contributed by atoms with Crippen LogP contribution in [-0.4, -0.2) is 47.5 Å². The molecule has 0 saturated heterocycles. The largest absolute Gasteiger partial charge is 0.435 e. The third-order valence-corrected chi connectivity index (χ3v) is 5.49. The number of tetrazole rings is 1. The smallest absolute Gasteiger partial charge is 0.387 e. The van der Waals surface area contributed by atoms with E-state index >= 15 is 0 Å². The van der Waals surface area contributed by atoms with Crippen molar-refractivity contribution in [3.8, 4) is 28.4 Å². The average Bonchev–Trinajstić information content (AvgIpc) is 3.62. The summed E-state index contributed by atoms with van der Waals surface area (Å²) in [7, 11) is 0. The van der Waals surface area contributed by atoms with Crippen LogP contribution in [0.25, 0.3) is 22.6 Å². The number of aromatic nitrogens is 7. The first-order chi connectivity index (χ1) is 17.0. The lowest BCUT2D eigenvalue weighted by molar-refractivity contribution is -0.0498. The van der Waals surface area contributed by atoms with E-state index in [-0.39, 0.29) is 18.1 Å². The van der Waals surface area contributed by atoms with E-state index in [1.165, 1.54) is 32.9 Å². The molecule has 3 heterocycles. The molecule has 0 fully saturated rings. The molecule has 5 aromatic rings. The highest BCUT2D eigenvalue weighted by atomic mass is 32.1. The summed E-state index contributed by atoms with van der Waals surface area (Å²) in [5.41, 5.74) is 2.33. The third kappa shape index (κ3) is 5.35. The van der Waals surface area contributed by atoms with Gasteiger partial charge in [-0.25, -0.2) is 9.67 Å². The molecule has 5 rings (SSSR count). The third-order valence-electron chi connectivity index (χ3n) is 4.73. The second-order valence-corrected chi connectivity index (χ2v) is 7.99. The van der Waals surface area contributed by atoms with E-state index in [2.05, 4.69) is 35.5 Å². The number of nitrogens with zero attached hydrogens (tertiary/aromatic N) is 7. The van der Waals surface area contributed by atoms with Gasteiger partial charge in [0.25, 0.3) is 5.91 Å². The lowest BCUT2D eigenvalue weighted by atomic mass is 10.2. The molecule has 0 radical (unpaired) electrons. The highest BCUT2D eigenvalue weighted by molar-refractivity contribution is 7.14. The first-order valence-corrected chi connectivity index (χ1v) is 11.1. The molecule has 35 heavy (non-hydrogen) atoms. The molecule has 0 aliphatic rings. The summed E-state index contributed by atoms with van der Waals surface area (Å²) in [6.07, 6.45) is 1.64. The van der Waals surface area contributed by atoms with Gasteiger partial charge in [-0.3, -0.25) is 10.1 Å². The number of amides is 1. The van der Waals surface area contributed by atoms with Crippen molar-refractivity contribution in [1.29, 1.82) is 0 Å². The second kappa shape index (κ2) is 9.77. The number of thiazole rings is 1. The standard InChI is InChI=1S/C22H16F2N8O2S/c23-21(24)34-16-8-6-14(7-9-16)18-12-35-22(25-18)26-20(33)17-10-11-31(28-17)13-32-29-19(27-30-32)15-4-2-1-3-5-15/h1-12,21H,13H2,(H,25,26,33). The summed E-state index contributed by atoms with van der Waals surface area (Å²) in [4.78, 5) is 18.4. The molecule has 13 heteroatoms. The number of rotatable bonds is 8. The van der Waals surface area contributed by atoms with Crippen LogP contribution in [-0.2, 0) is 6.67 Å². The van der Waals surface area contributed by atoms with E-state index in [1.807, 2.05) is 30.3 Å². The van der Waals surface area contributed by atoms with E-state index in [4.69, 9.17) is 0 Å². The van der Waals surface area contributed by atoms with Crippen molar-refractivity contribution in [3.63, 3.8) is 0 Å². The van der Waals surface area contributed by atoms with E-state index in [0.29, 0.717) is 22.2 Å². The number of alkyl halides is 2. The summed E-state index contributed by atoms with van der Waals surface area (Å²) >= 11 is 1.23. The Bertz CT molecular complexity index is 1430. The van der Waals surface area contributed by atoms with Crippen LogP contribution < -0.4 is 10.1 Å². The molecule has 1 N–H and O–H groups in total. The Kier molecular flexibility index (Phi) is 6.22. The summed E-state index contributed by atoms with van der Waals surface area (Å²) in [5, 5.41) is 21.5. The molecule has 0 aliphatic heterocycles. The van der Waals surface area contributed by atoms with Crippen LogP contribution in [0.1, 0.15) is 10.5 Å². The fraction of sp³-hybridized carbons (Fsp3) is 0.0909. The summed E-state index contributed by atoms with van der Waals surface area (Å²) in [6.45, 7) is -2.70. The van der Waals surface area contributed by atoms with Gasteiger partial charge < -0.3 is 4.74 Å². The van der Waals surface area contributed by atoms with Crippen LogP contribution in [0.3, 0.4) is 0 Å². The Balaban J connectivity index is 1.21. The van der Waals surface area contributed by atoms with Crippen molar-refractivity contribution in [2.75, 3.05) is 5.32 Å². The maximum atomic E-state index is 12.6. The average molecular weight is 494 g/mol. The van der Waals surface area contributed by atoms with Crippen LogP contribution >= 0.6 is 11.3 Å². The Morgan fingerprint density at radius 3 is 2.60 bits per heavy atom. The predicted octanol–water partition coefficient (Wildman–Crippen LogP) is 4.02. The van der Waals surface area contributed by atoms with Crippen LogP contribution in [0, 0.1) is 0 Å². The maximum absolute atomic E-state index is 12.6. The lowest BCUT2D eigenvalue weighted by Crippen LogP contribution is -2.15. The van der Waals surface area contributed by atoms with Gasteiger partial charge in [0.2, 0.25) is 5.82 Å². The number of benzene rings is 2. The number of hydrogen-bond acceptors (Lipinski definition) is 8. The molecule has 176 valence electrons. The zero-order chi connectivity index (χ0) is 24.2. The van der Waals surface area contributed by atoms with Crippen molar-refractivity contribution in [2.45, 2.75) is 13.3 Å². The van der Waals surface area contributed by atoms with Crippen LogP contribution in [0.2, 0.25) is 0 Å². The zero-order valence-corrected chi connectivity index (χ0v) is 18.6. The van der Waals surface area contributed by atoms with Gasteiger partial charge in [0.1, 0.15) is 5.75 Å². The van der Waals surface area contributed by atoms with Gasteiger partial charge in [-0.05, 0) is 35.5 Å². The topological polar surface area (TPSA) is 113 Å².